The van der Waals surface area contributed by atoms with E-state index in [1.807, 2.05) is 25.2 Å². The molecular weight excluding hydrogens is 310 g/mol. The second kappa shape index (κ2) is 6.12. The molecule has 0 aliphatic rings. The van der Waals surface area contributed by atoms with Gasteiger partial charge in [-0.15, -0.1) is 10.2 Å². The number of halogens is 1. The maximum Gasteiger partial charge on any atom is 0.176 e. The van der Waals surface area contributed by atoms with Gasteiger partial charge in [-0.3, -0.25) is 0 Å². The second-order valence-electron chi connectivity index (χ2n) is 4.13. The Bertz CT molecular complexity index is 557. The lowest BCUT2D eigenvalue weighted by atomic mass is 10.0. The van der Waals surface area contributed by atoms with Gasteiger partial charge in [0.05, 0.1) is 14.2 Å². The molecule has 1 unspecified atom stereocenters. The first-order valence-corrected chi connectivity index (χ1v) is 6.67. The van der Waals surface area contributed by atoms with Crippen molar-refractivity contribution in [3.8, 4) is 5.75 Å². The quantitative estimate of drug-likeness (QED) is 0.902. The van der Waals surface area contributed by atoms with E-state index in [2.05, 4.69) is 36.7 Å². The van der Waals surface area contributed by atoms with Gasteiger partial charge < -0.3 is 10.1 Å². The fourth-order valence-corrected chi connectivity index (χ4v) is 2.39. The number of aromatic nitrogens is 4. The van der Waals surface area contributed by atoms with Crippen LogP contribution < -0.4 is 10.1 Å². The summed E-state index contributed by atoms with van der Waals surface area (Å²) in [7, 11) is 5.32. The van der Waals surface area contributed by atoms with Crippen molar-refractivity contribution in [2.45, 2.75) is 12.5 Å². The van der Waals surface area contributed by atoms with E-state index in [4.69, 9.17) is 4.74 Å². The monoisotopic (exact) mass is 325 g/mol. The molecule has 0 amide bonds. The molecule has 0 aliphatic carbocycles. The van der Waals surface area contributed by atoms with E-state index >= 15 is 0 Å². The van der Waals surface area contributed by atoms with Gasteiger partial charge in [0.15, 0.2) is 5.82 Å². The van der Waals surface area contributed by atoms with Gasteiger partial charge in [-0.2, -0.15) is 4.80 Å². The fourth-order valence-electron chi connectivity index (χ4n) is 1.87. The first-order valence-electron chi connectivity index (χ1n) is 5.87. The average Bonchev–Trinajstić information content (AvgIpc) is 2.82. The summed E-state index contributed by atoms with van der Waals surface area (Å²) in [5.74, 6) is 1.53. The Morgan fingerprint density at radius 2 is 2.26 bits per heavy atom. The van der Waals surface area contributed by atoms with E-state index in [1.165, 1.54) is 4.80 Å². The number of rotatable bonds is 5. The summed E-state index contributed by atoms with van der Waals surface area (Å²) in [6.07, 6.45) is 0.663. The van der Waals surface area contributed by atoms with Crippen molar-refractivity contribution in [1.29, 1.82) is 0 Å². The SMILES string of the molecule is CNC(Cc1nnn(C)n1)c1cc(OC)ccc1Br. The third-order valence-electron chi connectivity index (χ3n) is 2.86. The van der Waals surface area contributed by atoms with E-state index in [1.54, 1.807) is 14.2 Å². The molecule has 1 aromatic heterocycles. The van der Waals surface area contributed by atoms with Crippen molar-refractivity contribution in [2.24, 2.45) is 7.05 Å². The van der Waals surface area contributed by atoms with Crippen molar-refractivity contribution in [2.75, 3.05) is 14.2 Å². The highest BCUT2D eigenvalue weighted by molar-refractivity contribution is 9.10. The molecule has 1 heterocycles. The van der Waals surface area contributed by atoms with Crippen LogP contribution in [0.4, 0.5) is 0 Å². The van der Waals surface area contributed by atoms with Crippen molar-refractivity contribution >= 4 is 15.9 Å². The van der Waals surface area contributed by atoms with Crippen LogP contribution in [0.2, 0.25) is 0 Å². The standard InChI is InChI=1S/C12H16BrN5O/c1-14-11(7-12-15-17-18(2)16-12)9-6-8(19-3)4-5-10(9)13/h4-6,11,14H,7H2,1-3H3. The van der Waals surface area contributed by atoms with E-state index in [0.29, 0.717) is 12.2 Å². The number of hydrogen-bond donors (Lipinski definition) is 1. The van der Waals surface area contributed by atoms with Crippen molar-refractivity contribution in [1.82, 2.24) is 25.5 Å². The summed E-state index contributed by atoms with van der Waals surface area (Å²) in [4.78, 5) is 1.46. The molecule has 2 rings (SSSR count). The van der Waals surface area contributed by atoms with Crippen LogP contribution >= 0.6 is 15.9 Å². The molecule has 0 aliphatic heterocycles. The number of benzene rings is 1. The lowest BCUT2D eigenvalue weighted by Crippen LogP contribution is -2.20. The molecule has 1 aromatic carbocycles. The first-order chi connectivity index (χ1) is 9.13. The highest BCUT2D eigenvalue weighted by atomic mass is 79.9. The highest BCUT2D eigenvalue weighted by Crippen LogP contribution is 2.29. The maximum atomic E-state index is 5.26. The molecule has 2 aromatic rings. The third kappa shape index (κ3) is 3.30. The first kappa shape index (κ1) is 14.0. The van der Waals surface area contributed by atoms with Crippen LogP contribution in [0.3, 0.4) is 0 Å². The molecular formula is C12H16BrN5O. The zero-order chi connectivity index (χ0) is 13.8. The molecule has 0 spiro atoms. The fraction of sp³-hybridized carbons (Fsp3) is 0.417. The van der Waals surface area contributed by atoms with Crippen LogP contribution in [0.5, 0.6) is 5.75 Å². The molecule has 102 valence electrons. The normalized spacial score (nSPS) is 12.4. The number of nitrogens with zero attached hydrogens (tertiary/aromatic N) is 4. The molecule has 7 heteroatoms. The molecule has 0 saturated carbocycles. The number of methoxy groups -OCH3 is 1. The summed E-state index contributed by atoms with van der Waals surface area (Å²) in [5, 5.41) is 15.3. The second-order valence-corrected chi connectivity index (χ2v) is 4.98. The van der Waals surface area contributed by atoms with Crippen LogP contribution in [-0.2, 0) is 13.5 Å². The van der Waals surface area contributed by atoms with E-state index in [-0.39, 0.29) is 6.04 Å². The number of tetrazole rings is 1. The minimum absolute atomic E-state index is 0.0914. The summed E-state index contributed by atoms with van der Waals surface area (Å²) in [6.45, 7) is 0. The predicted molar refractivity (Wildman–Crippen MR) is 75.0 cm³/mol. The van der Waals surface area contributed by atoms with Crippen LogP contribution in [0.15, 0.2) is 22.7 Å². The summed E-state index contributed by atoms with van der Waals surface area (Å²) < 4.78 is 6.29. The Hall–Kier alpha value is -1.47. The van der Waals surface area contributed by atoms with Gasteiger partial charge >= 0.3 is 0 Å². The van der Waals surface area contributed by atoms with Gasteiger partial charge in [-0.05, 0) is 36.0 Å². The molecule has 0 saturated heterocycles. The molecule has 0 bridgehead atoms. The van der Waals surface area contributed by atoms with Gasteiger partial charge in [0.2, 0.25) is 0 Å². The van der Waals surface area contributed by atoms with E-state index < -0.39 is 0 Å². The Morgan fingerprint density at radius 1 is 1.47 bits per heavy atom. The van der Waals surface area contributed by atoms with Crippen molar-refractivity contribution < 1.29 is 4.74 Å². The van der Waals surface area contributed by atoms with Crippen LogP contribution in [-0.4, -0.2) is 34.4 Å². The Labute approximate surface area is 120 Å². The minimum atomic E-state index is 0.0914. The molecule has 6 nitrogen and oxygen atoms in total. The number of aryl methyl sites for hydroxylation is 1. The van der Waals surface area contributed by atoms with Gasteiger partial charge in [0.1, 0.15) is 5.75 Å². The topological polar surface area (TPSA) is 64.9 Å². The number of ether oxygens (including phenoxy) is 1. The molecule has 0 fully saturated rings. The summed E-state index contributed by atoms with van der Waals surface area (Å²) in [5.41, 5.74) is 1.11. The summed E-state index contributed by atoms with van der Waals surface area (Å²) >= 11 is 3.56. The van der Waals surface area contributed by atoms with Crippen LogP contribution in [0.1, 0.15) is 17.4 Å². The van der Waals surface area contributed by atoms with Gasteiger partial charge in [-0.25, -0.2) is 0 Å². The average molecular weight is 326 g/mol. The van der Waals surface area contributed by atoms with Crippen LogP contribution in [0.25, 0.3) is 0 Å². The zero-order valence-electron chi connectivity index (χ0n) is 11.1. The molecule has 19 heavy (non-hydrogen) atoms. The lowest BCUT2D eigenvalue weighted by Gasteiger charge is -2.17. The number of likely N-dealkylation sites (N-methyl/N-ethyl adjacent to an activating group) is 1. The smallest absolute Gasteiger partial charge is 0.176 e. The third-order valence-corrected chi connectivity index (χ3v) is 3.59. The molecule has 0 radical (unpaired) electrons. The van der Waals surface area contributed by atoms with E-state index in [0.717, 1.165) is 15.8 Å². The van der Waals surface area contributed by atoms with Gasteiger partial charge in [0, 0.05) is 16.9 Å². The Balaban J connectivity index is 2.26. The van der Waals surface area contributed by atoms with Crippen molar-refractivity contribution in [3.05, 3.63) is 34.1 Å². The maximum absolute atomic E-state index is 5.26. The summed E-state index contributed by atoms with van der Waals surface area (Å²) in [6, 6.07) is 5.99. The van der Waals surface area contributed by atoms with Gasteiger partial charge in [0.25, 0.3) is 0 Å². The van der Waals surface area contributed by atoms with Crippen LogP contribution in [0, 0.1) is 0 Å². The zero-order valence-corrected chi connectivity index (χ0v) is 12.7. The number of nitrogens with one attached hydrogen (secondary N) is 1. The highest BCUT2D eigenvalue weighted by Gasteiger charge is 2.16. The Kier molecular flexibility index (Phi) is 4.49. The minimum Gasteiger partial charge on any atom is -0.497 e. The van der Waals surface area contributed by atoms with Crippen molar-refractivity contribution in [3.63, 3.8) is 0 Å². The number of hydrogen-bond acceptors (Lipinski definition) is 5. The largest absolute Gasteiger partial charge is 0.497 e. The molecule has 1 N–H and O–H groups in total. The van der Waals surface area contributed by atoms with E-state index in [9.17, 15) is 0 Å². The molecule has 1 atom stereocenters. The van der Waals surface area contributed by atoms with Gasteiger partial charge in [-0.1, -0.05) is 15.9 Å². The Morgan fingerprint density at radius 3 is 2.84 bits per heavy atom. The lowest BCUT2D eigenvalue weighted by molar-refractivity contribution is 0.413. The predicted octanol–water partition coefficient (Wildman–Crippen LogP) is 1.48.